The normalized spacial score (nSPS) is 14.4. The minimum Gasteiger partial charge on any atom is -0.579 e. The van der Waals surface area contributed by atoms with Crippen molar-refractivity contribution in [2.75, 3.05) is 0 Å². The van der Waals surface area contributed by atoms with Crippen molar-refractivity contribution in [2.24, 2.45) is 0 Å². The molecule has 0 amide bonds. The quantitative estimate of drug-likeness (QED) is 0.336. The van der Waals surface area contributed by atoms with E-state index in [-0.39, 0.29) is 40.7 Å². The van der Waals surface area contributed by atoms with E-state index < -0.39 is 11.9 Å². The fraction of sp³-hybridized carbons (Fsp3) is 0. The van der Waals surface area contributed by atoms with E-state index in [0.717, 1.165) is 0 Å². The van der Waals surface area contributed by atoms with Gasteiger partial charge in [0.25, 0.3) is 0 Å². The Morgan fingerprint density at radius 3 is 1.96 bits per heavy atom. The van der Waals surface area contributed by atoms with Gasteiger partial charge in [-0.1, -0.05) is 48.6 Å². The van der Waals surface area contributed by atoms with Crippen molar-refractivity contribution in [1.29, 1.82) is 0 Å². The Kier molecular flexibility index (Phi) is 6.44. The van der Waals surface area contributed by atoms with Crippen LogP contribution in [0.2, 0.25) is 0 Å². The average Bonchev–Trinajstić information content (AvgIpc) is 3.06. The molecule has 114 valence electrons. The Morgan fingerprint density at radius 2 is 1.38 bits per heavy atom. The fourth-order valence-electron chi connectivity index (χ4n) is 2.08. The second kappa shape index (κ2) is 8.55. The van der Waals surface area contributed by atoms with Crippen LogP contribution >= 0.6 is 0 Å². The topological polar surface area (TPSA) is 58.6 Å². The standard InChI is InChI=1S/C19H14O4.Na/c20-18(22-14-8-3-1-4-9-14)16-12-7-13-17(16)19(21)23-15-10-5-2-6-11-15;/h1-13,20H;/q;+1/p-1/b18-16-;. The molecule has 0 spiro atoms. The first-order valence-corrected chi connectivity index (χ1v) is 7.04. The third kappa shape index (κ3) is 4.38. The van der Waals surface area contributed by atoms with E-state index in [1.54, 1.807) is 54.6 Å². The molecule has 0 bridgehead atoms. The second-order valence-corrected chi connectivity index (χ2v) is 4.76. The average molecular weight is 328 g/mol. The van der Waals surface area contributed by atoms with Gasteiger partial charge in [0, 0.05) is 11.3 Å². The van der Waals surface area contributed by atoms with Crippen LogP contribution < -0.4 is 44.1 Å². The molecule has 0 atom stereocenters. The molecule has 1 aliphatic carbocycles. The smallest absolute Gasteiger partial charge is 0.579 e. The number of esters is 1. The first-order chi connectivity index (χ1) is 11.2. The van der Waals surface area contributed by atoms with Crippen LogP contribution in [0.15, 0.2) is 96.0 Å². The minimum absolute atomic E-state index is 0. The van der Waals surface area contributed by atoms with Gasteiger partial charge in [-0.05, 0) is 30.3 Å². The Labute approximate surface area is 162 Å². The second-order valence-electron chi connectivity index (χ2n) is 4.76. The monoisotopic (exact) mass is 328 g/mol. The number of rotatable bonds is 4. The first kappa shape index (κ1) is 18.1. The summed E-state index contributed by atoms with van der Waals surface area (Å²) >= 11 is 0. The van der Waals surface area contributed by atoms with Gasteiger partial charge in [0.1, 0.15) is 5.75 Å². The first-order valence-electron chi connectivity index (χ1n) is 7.04. The van der Waals surface area contributed by atoms with E-state index in [1.807, 2.05) is 12.1 Å². The summed E-state index contributed by atoms with van der Waals surface area (Å²) in [7, 11) is 0. The van der Waals surface area contributed by atoms with Crippen LogP contribution in [0.3, 0.4) is 0 Å². The number of para-hydroxylation sites is 2. The molecule has 0 radical (unpaired) electrons. The van der Waals surface area contributed by atoms with Gasteiger partial charge in [-0.3, -0.25) is 0 Å². The molecular weight excluding hydrogens is 315 g/mol. The summed E-state index contributed by atoms with van der Waals surface area (Å²) < 4.78 is 10.5. The van der Waals surface area contributed by atoms with Crippen LogP contribution in [-0.4, -0.2) is 5.97 Å². The van der Waals surface area contributed by atoms with Crippen LogP contribution in [-0.2, 0) is 4.79 Å². The van der Waals surface area contributed by atoms with Crippen LogP contribution in [0, 0.1) is 0 Å². The van der Waals surface area contributed by atoms with Gasteiger partial charge in [0.05, 0.1) is 11.5 Å². The van der Waals surface area contributed by atoms with Gasteiger partial charge in [-0.2, -0.15) is 0 Å². The van der Waals surface area contributed by atoms with Crippen LogP contribution in [0.4, 0.5) is 0 Å². The Hall–Kier alpha value is -2.27. The molecule has 0 unspecified atom stereocenters. The summed E-state index contributed by atoms with van der Waals surface area (Å²) in [5, 5.41) is 12.2. The Balaban J connectivity index is 0.00000208. The summed E-state index contributed by atoms with van der Waals surface area (Å²) in [6, 6.07) is 17.4. The molecule has 0 saturated carbocycles. The number of carbonyl (C=O) groups excluding carboxylic acids is 1. The molecule has 4 nitrogen and oxygen atoms in total. The molecule has 2 aromatic carbocycles. The summed E-state index contributed by atoms with van der Waals surface area (Å²) in [5.41, 5.74) is 0.351. The zero-order valence-electron chi connectivity index (χ0n) is 13.1. The Bertz CT molecular complexity index is 793. The van der Waals surface area contributed by atoms with Gasteiger partial charge < -0.3 is 14.6 Å². The molecule has 0 N–H and O–H groups in total. The molecule has 5 heteroatoms. The predicted octanol–water partition coefficient (Wildman–Crippen LogP) is -0.257. The SMILES string of the molecule is O=C(Oc1ccccc1)C1=CC=C/C1=C(\[O-])Oc1ccccc1.[Na+]. The van der Waals surface area contributed by atoms with Crippen molar-refractivity contribution in [3.05, 3.63) is 96.0 Å². The molecule has 24 heavy (non-hydrogen) atoms. The fourth-order valence-corrected chi connectivity index (χ4v) is 2.08. The van der Waals surface area contributed by atoms with Crippen LogP contribution in [0.25, 0.3) is 0 Å². The zero-order chi connectivity index (χ0) is 16.1. The molecular formula is C19H13NaO4. The Morgan fingerprint density at radius 1 is 0.833 bits per heavy atom. The van der Waals surface area contributed by atoms with Crippen molar-refractivity contribution in [1.82, 2.24) is 0 Å². The van der Waals surface area contributed by atoms with E-state index >= 15 is 0 Å². The summed E-state index contributed by atoms with van der Waals surface area (Å²) in [4.78, 5) is 12.2. The largest absolute Gasteiger partial charge is 1.00 e. The maximum absolute atomic E-state index is 12.2. The van der Waals surface area contributed by atoms with Gasteiger partial charge in [-0.15, -0.1) is 0 Å². The third-order valence-electron chi connectivity index (χ3n) is 3.16. The van der Waals surface area contributed by atoms with Crippen molar-refractivity contribution in [2.45, 2.75) is 0 Å². The van der Waals surface area contributed by atoms with Crippen molar-refractivity contribution in [3.63, 3.8) is 0 Å². The van der Waals surface area contributed by atoms with Crippen LogP contribution in [0.1, 0.15) is 0 Å². The number of hydrogen-bond acceptors (Lipinski definition) is 4. The molecule has 3 rings (SSSR count). The van der Waals surface area contributed by atoms with Gasteiger partial charge in [-0.25, -0.2) is 4.79 Å². The number of allylic oxidation sites excluding steroid dienone is 3. The molecule has 0 heterocycles. The summed E-state index contributed by atoms with van der Waals surface area (Å²) in [5.74, 6) is -0.357. The predicted molar refractivity (Wildman–Crippen MR) is 83.4 cm³/mol. The number of carbonyl (C=O) groups is 1. The van der Waals surface area contributed by atoms with Gasteiger partial charge in [0.2, 0.25) is 0 Å². The van der Waals surface area contributed by atoms with E-state index in [9.17, 15) is 9.90 Å². The molecule has 0 aliphatic heterocycles. The maximum Gasteiger partial charge on any atom is 1.00 e. The zero-order valence-corrected chi connectivity index (χ0v) is 15.1. The van der Waals surface area contributed by atoms with Crippen molar-refractivity contribution in [3.8, 4) is 11.5 Å². The molecule has 0 fully saturated rings. The summed E-state index contributed by atoms with van der Waals surface area (Å²) in [6.07, 6.45) is 4.68. The third-order valence-corrected chi connectivity index (χ3v) is 3.16. The maximum atomic E-state index is 12.2. The summed E-state index contributed by atoms with van der Waals surface area (Å²) in [6.45, 7) is 0. The molecule has 0 aromatic heterocycles. The minimum atomic E-state index is -0.596. The van der Waals surface area contributed by atoms with Crippen molar-refractivity contribution < 1.29 is 48.9 Å². The number of hydrogen-bond donors (Lipinski definition) is 0. The molecule has 0 saturated heterocycles. The van der Waals surface area contributed by atoms with E-state index in [0.29, 0.717) is 11.5 Å². The molecule has 1 aliphatic rings. The van der Waals surface area contributed by atoms with Crippen LogP contribution in [0.5, 0.6) is 11.5 Å². The van der Waals surface area contributed by atoms with Crippen molar-refractivity contribution >= 4 is 5.97 Å². The van der Waals surface area contributed by atoms with E-state index in [2.05, 4.69) is 0 Å². The van der Waals surface area contributed by atoms with Gasteiger partial charge in [0.15, 0.2) is 0 Å². The van der Waals surface area contributed by atoms with E-state index in [4.69, 9.17) is 9.47 Å². The molecule has 2 aromatic rings. The number of benzene rings is 2. The number of ether oxygens (including phenoxy) is 2. The van der Waals surface area contributed by atoms with E-state index in [1.165, 1.54) is 12.2 Å². The van der Waals surface area contributed by atoms with Gasteiger partial charge >= 0.3 is 35.5 Å².